The lowest BCUT2D eigenvalue weighted by molar-refractivity contribution is 0.127. The lowest BCUT2D eigenvalue weighted by atomic mass is 10.1. The first-order valence-corrected chi connectivity index (χ1v) is 6.06. The smallest absolute Gasteiger partial charge is 0.125 e. The van der Waals surface area contributed by atoms with Gasteiger partial charge in [0.1, 0.15) is 9.43 Å². The number of hydrogen-bond acceptors (Lipinski definition) is 2. The molecule has 0 atom stereocenters. The largest absolute Gasteiger partial charge is 0.380 e. The van der Waals surface area contributed by atoms with Crippen molar-refractivity contribution in [3.8, 4) is 0 Å². The minimum atomic E-state index is -0.582. The van der Waals surface area contributed by atoms with Gasteiger partial charge in [0.15, 0.2) is 0 Å². The summed E-state index contributed by atoms with van der Waals surface area (Å²) in [6, 6.07) is 6.61. The Morgan fingerprint density at radius 1 is 1.33 bits per heavy atom. The Balaban J connectivity index is 2.08. The fourth-order valence-corrected chi connectivity index (χ4v) is 2.26. The van der Waals surface area contributed by atoms with Crippen molar-refractivity contribution in [3.63, 3.8) is 0 Å². The van der Waals surface area contributed by atoms with Gasteiger partial charge in [-0.05, 0) is 40.8 Å². The average Bonchev–Trinajstić information content (AvgIpc) is 2.17. The first-order valence-electron chi connectivity index (χ1n) is 4.99. The van der Waals surface area contributed by atoms with Gasteiger partial charge in [0.2, 0.25) is 0 Å². The summed E-state index contributed by atoms with van der Waals surface area (Å²) in [7, 11) is 0. The Morgan fingerprint density at radius 3 is 2.60 bits per heavy atom. The van der Waals surface area contributed by atoms with Crippen molar-refractivity contribution < 1.29 is 9.50 Å². The van der Waals surface area contributed by atoms with E-state index >= 15 is 0 Å². The minimum Gasteiger partial charge on any atom is -0.380 e. The number of hydrogen-bond donors (Lipinski definition) is 1. The second kappa shape index (κ2) is 4.25. The fourth-order valence-electron chi connectivity index (χ4n) is 1.78. The second-order valence-corrected chi connectivity index (χ2v) is 5.89. The molecule has 1 N–H and O–H groups in total. The molecule has 1 aliphatic rings. The summed E-state index contributed by atoms with van der Waals surface area (Å²) >= 11 is 2.08. The topological polar surface area (TPSA) is 23.5 Å². The summed E-state index contributed by atoms with van der Waals surface area (Å²) in [5.74, 6) is -0.206. The van der Waals surface area contributed by atoms with E-state index in [1.54, 1.807) is 6.07 Å². The Labute approximate surface area is 102 Å². The van der Waals surface area contributed by atoms with Crippen LogP contribution in [0.4, 0.5) is 10.1 Å². The van der Waals surface area contributed by atoms with Gasteiger partial charge in [-0.2, -0.15) is 0 Å². The van der Waals surface area contributed by atoms with Crippen LogP contribution in [0.25, 0.3) is 0 Å². The van der Waals surface area contributed by atoms with E-state index in [9.17, 15) is 9.50 Å². The van der Waals surface area contributed by atoms with Crippen molar-refractivity contribution >= 4 is 28.3 Å². The van der Waals surface area contributed by atoms with Crippen LogP contribution in [0, 0.1) is 5.82 Å². The van der Waals surface area contributed by atoms with Crippen molar-refractivity contribution in [1.82, 2.24) is 0 Å². The van der Waals surface area contributed by atoms with Gasteiger partial charge in [-0.1, -0.05) is 6.07 Å². The van der Waals surface area contributed by atoms with Gasteiger partial charge in [0.05, 0.1) is 0 Å². The lowest BCUT2D eigenvalue weighted by Crippen LogP contribution is -2.40. The molecule has 82 valence electrons. The van der Waals surface area contributed by atoms with Gasteiger partial charge in [0, 0.05) is 31.6 Å². The van der Waals surface area contributed by atoms with Gasteiger partial charge >= 0.3 is 0 Å². The van der Waals surface area contributed by atoms with Crippen LogP contribution in [0.15, 0.2) is 24.3 Å². The van der Waals surface area contributed by atoms with E-state index in [0.29, 0.717) is 0 Å². The van der Waals surface area contributed by atoms with Crippen LogP contribution in [0.1, 0.15) is 12.8 Å². The summed E-state index contributed by atoms with van der Waals surface area (Å²) in [5, 5.41) is 9.78. The van der Waals surface area contributed by atoms with E-state index < -0.39 is 3.61 Å². The first kappa shape index (κ1) is 11.1. The number of nitrogens with zero attached hydrogens (tertiary/aromatic N) is 1. The monoisotopic (exact) mass is 321 g/mol. The van der Waals surface area contributed by atoms with Gasteiger partial charge < -0.3 is 10.0 Å². The summed E-state index contributed by atoms with van der Waals surface area (Å²) in [6.07, 6.45) is 1.45. The van der Waals surface area contributed by atoms with Crippen LogP contribution < -0.4 is 4.90 Å². The van der Waals surface area contributed by atoms with E-state index in [0.717, 1.165) is 31.6 Å². The maximum absolute atomic E-state index is 13.0. The van der Waals surface area contributed by atoms with Crippen LogP contribution in [-0.4, -0.2) is 21.8 Å². The molecule has 2 nitrogen and oxygen atoms in total. The van der Waals surface area contributed by atoms with E-state index in [1.165, 1.54) is 12.1 Å². The number of benzene rings is 1. The van der Waals surface area contributed by atoms with Crippen molar-refractivity contribution in [2.45, 2.75) is 16.4 Å². The predicted octanol–water partition coefficient (Wildman–Crippen LogP) is 2.55. The Hall–Kier alpha value is -0.360. The highest BCUT2D eigenvalue weighted by atomic mass is 127. The molecule has 1 saturated heterocycles. The summed E-state index contributed by atoms with van der Waals surface area (Å²) < 4.78 is 12.4. The third-order valence-electron chi connectivity index (χ3n) is 2.70. The molecule has 0 spiro atoms. The third-order valence-corrected chi connectivity index (χ3v) is 3.78. The normalized spacial score (nSPS) is 20.3. The van der Waals surface area contributed by atoms with Crippen LogP contribution in [0.2, 0.25) is 0 Å². The highest BCUT2D eigenvalue weighted by molar-refractivity contribution is 14.1. The van der Waals surface area contributed by atoms with Crippen molar-refractivity contribution in [3.05, 3.63) is 30.1 Å². The Kier molecular flexibility index (Phi) is 3.16. The molecular weight excluding hydrogens is 308 g/mol. The maximum atomic E-state index is 13.0. The molecular formula is C11H13FINO. The molecule has 0 amide bonds. The number of piperidine rings is 1. The minimum absolute atomic E-state index is 0.206. The first-order chi connectivity index (χ1) is 7.07. The molecule has 0 bridgehead atoms. The van der Waals surface area contributed by atoms with Crippen molar-refractivity contribution in [2.24, 2.45) is 0 Å². The predicted molar refractivity (Wildman–Crippen MR) is 66.8 cm³/mol. The molecule has 4 heteroatoms. The quantitative estimate of drug-likeness (QED) is 0.635. The third kappa shape index (κ3) is 2.81. The Bertz CT molecular complexity index is 346. The SMILES string of the molecule is OC1(I)CCN(c2cccc(F)c2)CC1. The van der Waals surface area contributed by atoms with E-state index in [4.69, 9.17) is 0 Å². The van der Waals surface area contributed by atoms with Crippen LogP contribution in [-0.2, 0) is 0 Å². The molecule has 1 aromatic carbocycles. The standard InChI is InChI=1S/C11H13FINO/c12-9-2-1-3-10(8-9)14-6-4-11(13,15)5-7-14/h1-3,8,15H,4-7H2. The average molecular weight is 321 g/mol. The molecule has 0 saturated carbocycles. The Morgan fingerprint density at radius 2 is 2.00 bits per heavy atom. The molecule has 0 unspecified atom stereocenters. The zero-order chi connectivity index (χ0) is 10.9. The molecule has 0 radical (unpaired) electrons. The molecule has 0 aliphatic carbocycles. The highest BCUT2D eigenvalue weighted by Gasteiger charge is 2.29. The molecule has 2 rings (SSSR count). The zero-order valence-electron chi connectivity index (χ0n) is 8.29. The number of alkyl halides is 1. The number of halogens is 2. The number of anilines is 1. The van der Waals surface area contributed by atoms with Gasteiger partial charge in [-0.15, -0.1) is 0 Å². The van der Waals surface area contributed by atoms with Gasteiger partial charge in [-0.3, -0.25) is 0 Å². The maximum Gasteiger partial charge on any atom is 0.125 e. The summed E-state index contributed by atoms with van der Waals surface area (Å²) in [5.41, 5.74) is 0.905. The number of aliphatic hydroxyl groups is 1. The zero-order valence-corrected chi connectivity index (χ0v) is 10.4. The molecule has 1 heterocycles. The van der Waals surface area contributed by atoms with E-state index in [-0.39, 0.29) is 5.82 Å². The number of rotatable bonds is 1. The van der Waals surface area contributed by atoms with Crippen molar-refractivity contribution in [1.29, 1.82) is 0 Å². The highest BCUT2D eigenvalue weighted by Crippen LogP contribution is 2.31. The fraction of sp³-hybridized carbons (Fsp3) is 0.455. The molecule has 0 aromatic heterocycles. The van der Waals surface area contributed by atoms with E-state index in [2.05, 4.69) is 27.5 Å². The lowest BCUT2D eigenvalue weighted by Gasteiger charge is -2.36. The van der Waals surface area contributed by atoms with E-state index in [1.807, 2.05) is 6.07 Å². The second-order valence-electron chi connectivity index (χ2n) is 3.88. The molecule has 1 aliphatic heterocycles. The van der Waals surface area contributed by atoms with Crippen LogP contribution >= 0.6 is 22.6 Å². The molecule has 15 heavy (non-hydrogen) atoms. The molecule has 1 aromatic rings. The van der Waals surface area contributed by atoms with Gasteiger partial charge in [0.25, 0.3) is 0 Å². The summed E-state index contributed by atoms with van der Waals surface area (Å²) in [4.78, 5) is 2.11. The van der Waals surface area contributed by atoms with Gasteiger partial charge in [-0.25, -0.2) is 4.39 Å². The van der Waals surface area contributed by atoms with Crippen molar-refractivity contribution in [2.75, 3.05) is 18.0 Å². The summed E-state index contributed by atoms with van der Waals surface area (Å²) in [6.45, 7) is 1.56. The van der Waals surface area contributed by atoms with Crippen LogP contribution in [0.5, 0.6) is 0 Å². The van der Waals surface area contributed by atoms with Crippen LogP contribution in [0.3, 0.4) is 0 Å². The molecule has 1 fully saturated rings.